The molecule has 0 saturated heterocycles. The zero-order chi connectivity index (χ0) is 9.23. The molecule has 1 rings (SSSR count). The van der Waals surface area contributed by atoms with Gasteiger partial charge >= 0.3 is 17.1 Å². The average molecular weight is 219 g/mol. The summed E-state index contributed by atoms with van der Waals surface area (Å²) >= 11 is 0. The van der Waals surface area contributed by atoms with Crippen molar-refractivity contribution in [3.8, 4) is 0 Å². The Morgan fingerprint density at radius 3 is 1.77 bits per heavy atom. The molecule has 1 nitrogen and oxygen atoms in total. The Kier molecular flexibility index (Phi) is 13.3. The first-order valence-electron chi connectivity index (χ1n) is 4.39. The zero-order valence-corrected chi connectivity index (χ0v) is 9.34. The van der Waals surface area contributed by atoms with E-state index in [4.69, 9.17) is 0 Å². The number of carbonyl (C=O) groups excluding carboxylic acids is 1. The second kappa shape index (κ2) is 11.5. The summed E-state index contributed by atoms with van der Waals surface area (Å²) in [7, 11) is 0. The van der Waals surface area contributed by atoms with Gasteiger partial charge in [-0.05, 0) is 0 Å². The molecule has 0 aromatic heterocycles. The van der Waals surface area contributed by atoms with Gasteiger partial charge in [-0.3, -0.25) is 6.29 Å². The van der Waals surface area contributed by atoms with Gasteiger partial charge < -0.3 is 4.79 Å². The number of hydrogen-bond donors (Lipinski definition) is 0. The largest absolute Gasteiger partial charge is 2.00 e. The maximum Gasteiger partial charge on any atom is 2.00 e. The molecule has 0 unspecified atom stereocenters. The van der Waals surface area contributed by atoms with Gasteiger partial charge in [0.15, 0.2) is 0 Å². The topological polar surface area (TPSA) is 17.1 Å². The van der Waals surface area contributed by atoms with Crippen LogP contribution in [0.25, 0.3) is 0 Å². The van der Waals surface area contributed by atoms with E-state index in [9.17, 15) is 4.79 Å². The maximum atomic E-state index is 9.84. The van der Waals surface area contributed by atoms with Gasteiger partial charge in [-0.15, -0.1) is 5.92 Å². The monoisotopic (exact) mass is 219 g/mol. The van der Waals surface area contributed by atoms with E-state index in [1.54, 1.807) is 0 Å². The van der Waals surface area contributed by atoms with Crippen molar-refractivity contribution in [1.29, 1.82) is 0 Å². The van der Waals surface area contributed by atoms with Crippen LogP contribution in [0.15, 0.2) is 30.3 Å². The smallest absolute Gasteiger partial charge is 0.542 e. The minimum absolute atomic E-state index is 0. The summed E-state index contributed by atoms with van der Waals surface area (Å²) in [4.78, 5) is 9.84. The third-order valence-electron chi connectivity index (χ3n) is 1.71. The maximum absolute atomic E-state index is 9.84. The molecule has 0 fully saturated rings. The van der Waals surface area contributed by atoms with Crippen molar-refractivity contribution >= 4 is 6.29 Å². The van der Waals surface area contributed by atoms with E-state index in [0.717, 1.165) is 12.8 Å². The minimum atomic E-state index is 0. The molecular formula is C11H16MnO. The SMILES string of the molecule is CCC([C-]=O)CC.[Mn+2].c1cc[cH-]c1. The summed E-state index contributed by atoms with van der Waals surface area (Å²) in [6.07, 6.45) is 3.81. The van der Waals surface area contributed by atoms with E-state index in [1.807, 2.05) is 50.5 Å². The molecule has 73 valence electrons. The fraction of sp³-hybridized carbons (Fsp3) is 0.455. The Hall–Kier alpha value is -0.461. The fourth-order valence-corrected chi connectivity index (χ4v) is 0.776. The summed E-state index contributed by atoms with van der Waals surface area (Å²) < 4.78 is 0. The Bertz CT molecular complexity index is 149. The Morgan fingerprint density at radius 2 is 1.69 bits per heavy atom. The predicted octanol–water partition coefficient (Wildman–Crippen LogP) is 2.94. The fourth-order valence-electron chi connectivity index (χ4n) is 0.776. The third-order valence-corrected chi connectivity index (χ3v) is 1.71. The zero-order valence-electron chi connectivity index (χ0n) is 8.16. The molecule has 0 atom stereocenters. The van der Waals surface area contributed by atoms with Crippen LogP contribution in [0.4, 0.5) is 0 Å². The van der Waals surface area contributed by atoms with Crippen molar-refractivity contribution in [3.05, 3.63) is 30.3 Å². The number of hydrogen-bond acceptors (Lipinski definition) is 1. The van der Waals surface area contributed by atoms with Crippen LogP contribution in [0, 0.1) is 5.92 Å². The molecular weight excluding hydrogens is 203 g/mol. The van der Waals surface area contributed by atoms with Crippen LogP contribution in [0.3, 0.4) is 0 Å². The van der Waals surface area contributed by atoms with E-state index in [1.165, 1.54) is 0 Å². The van der Waals surface area contributed by atoms with Crippen molar-refractivity contribution in [2.75, 3.05) is 0 Å². The standard InChI is InChI=1S/C6H11O.C5H5.Mn/c1-3-6(4-2)5-7;1-2-4-5-3-1;/h6H,3-4H2,1-2H3;1-5H;/q2*-1;+2. The normalized spacial score (nSPS) is 8.23. The first-order valence-corrected chi connectivity index (χ1v) is 4.39. The molecule has 0 bridgehead atoms. The first-order chi connectivity index (χ1) is 5.85. The van der Waals surface area contributed by atoms with Gasteiger partial charge in [0.2, 0.25) is 0 Å². The first kappa shape index (κ1) is 15.0. The molecule has 0 aliphatic carbocycles. The van der Waals surface area contributed by atoms with Crippen LogP contribution in [-0.2, 0) is 21.9 Å². The predicted molar refractivity (Wildman–Crippen MR) is 51.8 cm³/mol. The summed E-state index contributed by atoms with van der Waals surface area (Å²) in [6, 6.07) is 10.0. The summed E-state index contributed by atoms with van der Waals surface area (Å²) in [5.41, 5.74) is 0. The Labute approximate surface area is 91.4 Å². The second-order valence-electron chi connectivity index (χ2n) is 2.59. The average Bonchev–Trinajstić information content (AvgIpc) is 2.64. The van der Waals surface area contributed by atoms with Gasteiger partial charge in [0.1, 0.15) is 0 Å². The van der Waals surface area contributed by atoms with Gasteiger partial charge in [-0.25, -0.2) is 12.1 Å². The molecule has 0 amide bonds. The van der Waals surface area contributed by atoms with Gasteiger partial charge in [0, 0.05) is 0 Å². The molecule has 0 aliphatic rings. The van der Waals surface area contributed by atoms with Gasteiger partial charge in [0.25, 0.3) is 0 Å². The van der Waals surface area contributed by atoms with E-state index in [-0.39, 0.29) is 23.0 Å². The van der Waals surface area contributed by atoms with Crippen LogP contribution in [0.5, 0.6) is 0 Å². The molecule has 1 aromatic carbocycles. The molecule has 0 aliphatic heterocycles. The van der Waals surface area contributed by atoms with Gasteiger partial charge in [-0.1, -0.05) is 26.7 Å². The molecule has 0 heterocycles. The van der Waals surface area contributed by atoms with Crippen molar-refractivity contribution in [2.24, 2.45) is 5.92 Å². The molecule has 13 heavy (non-hydrogen) atoms. The molecule has 0 N–H and O–H groups in total. The molecule has 0 saturated carbocycles. The summed E-state index contributed by atoms with van der Waals surface area (Å²) in [6.45, 7) is 4.00. The summed E-state index contributed by atoms with van der Waals surface area (Å²) in [5.74, 6) is 0.181. The van der Waals surface area contributed by atoms with Gasteiger partial charge in [-0.2, -0.15) is 18.2 Å². The summed E-state index contributed by atoms with van der Waals surface area (Å²) in [5, 5.41) is 0. The van der Waals surface area contributed by atoms with Gasteiger partial charge in [0.05, 0.1) is 0 Å². The molecule has 2 heteroatoms. The van der Waals surface area contributed by atoms with Crippen molar-refractivity contribution in [1.82, 2.24) is 0 Å². The van der Waals surface area contributed by atoms with E-state index in [2.05, 4.69) is 0 Å². The Morgan fingerprint density at radius 1 is 1.23 bits per heavy atom. The van der Waals surface area contributed by atoms with Crippen LogP contribution in [0.1, 0.15) is 26.7 Å². The van der Waals surface area contributed by atoms with E-state index < -0.39 is 0 Å². The van der Waals surface area contributed by atoms with Crippen molar-refractivity contribution in [3.63, 3.8) is 0 Å². The van der Waals surface area contributed by atoms with Crippen LogP contribution in [0.2, 0.25) is 0 Å². The van der Waals surface area contributed by atoms with Crippen LogP contribution in [-0.4, -0.2) is 6.29 Å². The van der Waals surface area contributed by atoms with Crippen LogP contribution < -0.4 is 0 Å². The van der Waals surface area contributed by atoms with E-state index in [0.29, 0.717) is 0 Å². The molecule has 1 radical (unpaired) electrons. The van der Waals surface area contributed by atoms with E-state index >= 15 is 0 Å². The van der Waals surface area contributed by atoms with Crippen molar-refractivity contribution < 1.29 is 21.9 Å². The molecule has 0 spiro atoms. The van der Waals surface area contributed by atoms with Crippen molar-refractivity contribution in [2.45, 2.75) is 26.7 Å². The third kappa shape index (κ3) is 9.45. The molecule has 1 aromatic rings. The Balaban J connectivity index is 0. The second-order valence-corrected chi connectivity index (χ2v) is 2.59. The number of rotatable bonds is 3. The van der Waals surface area contributed by atoms with Crippen LogP contribution >= 0.6 is 0 Å². The quantitative estimate of drug-likeness (QED) is 0.564. The minimum Gasteiger partial charge on any atom is -0.542 e.